The number of nitrogens with zero attached hydrogens (tertiary/aromatic N) is 3. The van der Waals surface area contributed by atoms with Crippen LogP contribution in [0.15, 0.2) is 21.5 Å². The number of aromatic nitrogens is 1. The molecule has 0 saturated heterocycles. The van der Waals surface area contributed by atoms with E-state index in [-0.39, 0.29) is 29.9 Å². The van der Waals surface area contributed by atoms with Gasteiger partial charge in [-0.2, -0.15) is 5.01 Å². The fourth-order valence-electron chi connectivity index (χ4n) is 5.68. The molecule has 2 atom stereocenters. The fourth-order valence-corrected chi connectivity index (χ4v) is 5.68. The lowest BCUT2D eigenvalue weighted by Crippen LogP contribution is -2.49. The number of ether oxygens (including phenoxy) is 1. The predicted octanol–water partition coefficient (Wildman–Crippen LogP) is 4.51. The van der Waals surface area contributed by atoms with E-state index in [0.29, 0.717) is 11.5 Å². The van der Waals surface area contributed by atoms with Gasteiger partial charge in [0.05, 0.1) is 17.9 Å². The number of hydrogen-bond acceptors (Lipinski definition) is 7. The Hall–Kier alpha value is -2.16. The normalized spacial score (nSPS) is 25.1. The minimum absolute atomic E-state index is 0.207. The van der Waals surface area contributed by atoms with E-state index < -0.39 is 6.23 Å². The number of rotatable bonds is 6. The highest BCUT2D eigenvalue weighted by atomic mass is 16.5. The van der Waals surface area contributed by atoms with Gasteiger partial charge in [-0.05, 0) is 72.3 Å². The Morgan fingerprint density at radius 1 is 1.18 bits per heavy atom. The summed E-state index contributed by atoms with van der Waals surface area (Å²) in [6.45, 7) is 10.0. The maximum Gasteiger partial charge on any atom is 0.278 e. The first-order valence-electron chi connectivity index (χ1n) is 12.7. The summed E-state index contributed by atoms with van der Waals surface area (Å²) in [6, 6.07) is 0.281. The van der Waals surface area contributed by atoms with Crippen molar-refractivity contribution in [1.29, 1.82) is 0 Å². The number of allylic oxidation sites excluding steroid dienone is 2. The Morgan fingerprint density at radius 3 is 2.53 bits per heavy atom. The topological polar surface area (TPSA) is 91.1 Å². The summed E-state index contributed by atoms with van der Waals surface area (Å²) >= 11 is 0. The average Bonchev–Trinajstić information content (AvgIpc) is 3.27. The van der Waals surface area contributed by atoms with Gasteiger partial charge in [-0.15, -0.1) is 0 Å². The van der Waals surface area contributed by atoms with Crippen LogP contribution in [0.4, 0.5) is 0 Å². The molecule has 0 spiro atoms. The van der Waals surface area contributed by atoms with Crippen molar-refractivity contribution in [2.24, 2.45) is 0 Å². The molecule has 1 amide bonds. The molecule has 188 valence electrons. The van der Waals surface area contributed by atoms with Crippen molar-refractivity contribution in [2.45, 2.75) is 110 Å². The molecule has 2 unspecified atom stereocenters. The number of amides is 1. The minimum atomic E-state index is -0.870. The number of carbonyl (C=O) groups excluding carboxylic acids is 1. The molecule has 0 bridgehead atoms. The van der Waals surface area contributed by atoms with Gasteiger partial charge in [0.25, 0.3) is 5.91 Å². The molecular weight excluding hydrogens is 432 g/mol. The number of hydrogen-bond donors (Lipinski definition) is 2. The van der Waals surface area contributed by atoms with E-state index in [1.54, 1.807) is 0 Å². The zero-order valence-corrected chi connectivity index (χ0v) is 21.5. The first-order valence-corrected chi connectivity index (χ1v) is 12.7. The number of carbonyl (C=O) groups is 1. The van der Waals surface area contributed by atoms with Crippen molar-refractivity contribution in [2.75, 3.05) is 7.05 Å². The van der Waals surface area contributed by atoms with Gasteiger partial charge < -0.3 is 24.7 Å². The Balaban J connectivity index is 1.48. The third kappa shape index (κ3) is 4.81. The summed E-state index contributed by atoms with van der Waals surface area (Å²) in [4.78, 5) is 13.2. The van der Waals surface area contributed by atoms with Gasteiger partial charge in [-0.25, -0.2) is 0 Å². The third-order valence-electron chi connectivity index (χ3n) is 7.57. The van der Waals surface area contributed by atoms with E-state index in [9.17, 15) is 9.90 Å². The summed E-state index contributed by atoms with van der Waals surface area (Å²) in [5.41, 5.74) is 4.70. The largest absolute Gasteiger partial charge is 0.375 e. The van der Waals surface area contributed by atoms with E-state index in [2.05, 4.69) is 31.2 Å². The maximum atomic E-state index is 13.2. The van der Waals surface area contributed by atoms with Crippen LogP contribution in [0.5, 0.6) is 0 Å². The molecule has 2 aliphatic carbocycles. The molecule has 0 radical (unpaired) electrons. The van der Waals surface area contributed by atoms with Crippen molar-refractivity contribution in [3.8, 4) is 0 Å². The van der Waals surface area contributed by atoms with E-state index in [1.807, 2.05) is 30.9 Å². The highest BCUT2D eigenvalue weighted by Crippen LogP contribution is 2.37. The first kappa shape index (κ1) is 24.9. The molecular formula is C26H40N4O4. The highest BCUT2D eigenvalue weighted by Gasteiger charge is 2.40. The molecule has 34 heavy (non-hydrogen) atoms. The van der Waals surface area contributed by atoms with E-state index >= 15 is 0 Å². The molecule has 8 heteroatoms. The van der Waals surface area contributed by atoms with Crippen molar-refractivity contribution in [3.63, 3.8) is 0 Å². The van der Waals surface area contributed by atoms with Crippen LogP contribution in [-0.4, -0.2) is 57.7 Å². The number of aliphatic hydroxyl groups excluding tert-OH is 1. The van der Waals surface area contributed by atoms with Gasteiger partial charge in [0.1, 0.15) is 0 Å². The summed E-state index contributed by atoms with van der Waals surface area (Å²) in [5.74, 6) is 0.333. The van der Waals surface area contributed by atoms with Gasteiger partial charge in [-0.3, -0.25) is 4.79 Å². The lowest BCUT2D eigenvalue weighted by molar-refractivity contribution is -0.106. The van der Waals surface area contributed by atoms with Gasteiger partial charge in [0.2, 0.25) is 0 Å². The smallest absolute Gasteiger partial charge is 0.278 e. The molecule has 2 N–H and O–H groups in total. The highest BCUT2D eigenvalue weighted by molar-refractivity contribution is 5.96. The summed E-state index contributed by atoms with van der Waals surface area (Å²) < 4.78 is 11.7. The molecule has 1 aromatic heterocycles. The quantitative estimate of drug-likeness (QED) is 0.629. The molecule has 1 saturated carbocycles. The lowest BCUT2D eigenvalue weighted by Gasteiger charge is -2.38. The molecule has 4 rings (SSSR count). The second-order valence-electron chi connectivity index (χ2n) is 10.3. The molecule has 1 aromatic rings. The Morgan fingerprint density at radius 2 is 1.88 bits per heavy atom. The van der Waals surface area contributed by atoms with E-state index in [0.717, 1.165) is 48.9 Å². The van der Waals surface area contributed by atoms with Gasteiger partial charge >= 0.3 is 0 Å². The maximum absolute atomic E-state index is 13.2. The fraction of sp³-hybridized carbons (Fsp3) is 0.692. The number of nitrogens with one attached hydrogen (secondary N) is 1. The third-order valence-corrected chi connectivity index (χ3v) is 7.57. The van der Waals surface area contributed by atoms with Gasteiger partial charge in [0.15, 0.2) is 17.7 Å². The minimum Gasteiger partial charge on any atom is -0.375 e. The molecule has 2 heterocycles. The zero-order valence-electron chi connectivity index (χ0n) is 21.5. The molecule has 8 nitrogen and oxygen atoms in total. The predicted molar refractivity (Wildman–Crippen MR) is 130 cm³/mol. The Kier molecular flexibility index (Phi) is 7.50. The molecule has 0 aromatic carbocycles. The first-order chi connectivity index (χ1) is 16.2. The SMILES string of the molecule is CC1=C(c2onc(C(=O)NC3=C(C)N(C)N(C4CCCCC4)C3O)c2C)CCC(OC(C)C)C1. The summed E-state index contributed by atoms with van der Waals surface area (Å²) in [7, 11) is 1.94. The molecule has 3 aliphatic rings. The van der Waals surface area contributed by atoms with Crippen LogP contribution in [0, 0.1) is 6.92 Å². The monoisotopic (exact) mass is 472 g/mol. The van der Waals surface area contributed by atoms with Crippen LogP contribution in [-0.2, 0) is 4.74 Å². The lowest BCUT2D eigenvalue weighted by atomic mass is 9.88. The van der Waals surface area contributed by atoms with Crippen LogP contribution in [0.1, 0.15) is 101 Å². The van der Waals surface area contributed by atoms with Crippen molar-refractivity contribution in [3.05, 3.63) is 34.0 Å². The van der Waals surface area contributed by atoms with E-state index in [4.69, 9.17) is 9.26 Å². The van der Waals surface area contributed by atoms with Crippen LogP contribution >= 0.6 is 0 Å². The van der Waals surface area contributed by atoms with Crippen LogP contribution in [0.25, 0.3) is 5.57 Å². The average molecular weight is 473 g/mol. The number of aliphatic hydroxyl groups is 1. The standard InChI is InChI=1S/C26H40N4O4/c1-15(2)33-20-12-13-21(16(3)14-20)24-17(4)22(28-34-24)25(31)27-23-18(5)29(6)30(26(23)32)19-10-8-7-9-11-19/h15,19-20,26,32H,7-14H2,1-6H3,(H,27,31). The second-order valence-corrected chi connectivity index (χ2v) is 10.3. The Bertz CT molecular complexity index is 973. The zero-order chi connectivity index (χ0) is 24.6. The van der Waals surface area contributed by atoms with Gasteiger partial charge in [0, 0.05) is 24.4 Å². The van der Waals surface area contributed by atoms with Crippen LogP contribution < -0.4 is 5.32 Å². The van der Waals surface area contributed by atoms with E-state index in [1.165, 1.54) is 24.8 Å². The molecule has 1 fully saturated rings. The van der Waals surface area contributed by atoms with Crippen molar-refractivity contribution < 1.29 is 19.2 Å². The Labute approximate surface area is 203 Å². The van der Waals surface area contributed by atoms with Crippen LogP contribution in [0.2, 0.25) is 0 Å². The number of hydrazine groups is 1. The summed E-state index contributed by atoms with van der Waals surface area (Å²) in [6.07, 6.45) is 7.87. The van der Waals surface area contributed by atoms with Crippen LogP contribution in [0.3, 0.4) is 0 Å². The van der Waals surface area contributed by atoms with Gasteiger partial charge in [-0.1, -0.05) is 30.0 Å². The van der Waals surface area contributed by atoms with Crippen molar-refractivity contribution >= 4 is 11.5 Å². The van der Waals surface area contributed by atoms with Crippen molar-refractivity contribution in [1.82, 2.24) is 20.5 Å². The summed E-state index contributed by atoms with van der Waals surface area (Å²) in [5, 5.41) is 22.1. The second kappa shape index (κ2) is 10.2. The molecule has 1 aliphatic heterocycles.